The Labute approximate surface area is 190 Å². The van der Waals surface area contributed by atoms with Crippen molar-refractivity contribution in [2.45, 2.75) is 38.8 Å². The maximum absolute atomic E-state index is 11.7. The summed E-state index contributed by atoms with van der Waals surface area (Å²) in [6.07, 6.45) is 2.98. The molecule has 1 aliphatic carbocycles. The van der Waals surface area contributed by atoms with Crippen LogP contribution < -0.4 is 20.1 Å². The van der Waals surface area contributed by atoms with E-state index in [1.807, 2.05) is 49.5 Å². The van der Waals surface area contributed by atoms with Crippen LogP contribution >= 0.6 is 0 Å². The molecule has 1 fully saturated rings. The molecule has 7 nitrogen and oxygen atoms in total. The minimum Gasteiger partial charge on any atom is -0.496 e. The van der Waals surface area contributed by atoms with E-state index >= 15 is 0 Å². The van der Waals surface area contributed by atoms with Gasteiger partial charge in [-0.05, 0) is 49.9 Å². The highest BCUT2D eigenvalue weighted by Crippen LogP contribution is 2.19. The molecule has 7 heteroatoms. The summed E-state index contributed by atoms with van der Waals surface area (Å²) in [5.41, 5.74) is 2.29. The lowest BCUT2D eigenvalue weighted by Crippen LogP contribution is -2.38. The summed E-state index contributed by atoms with van der Waals surface area (Å²) in [6, 6.07) is 16.2. The van der Waals surface area contributed by atoms with E-state index in [1.54, 1.807) is 7.11 Å². The summed E-state index contributed by atoms with van der Waals surface area (Å²) in [5.74, 6) is 2.38. The van der Waals surface area contributed by atoms with Gasteiger partial charge in [0.15, 0.2) is 12.6 Å². The maximum Gasteiger partial charge on any atom is 0.258 e. The quantitative estimate of drug-likeness (QED) is 0.417. The highest BCUT2D eigenvalue weighted by Gasteiger charge is 2.23. The fourth-order valence-electron chi connectivity index (χ4n) is 3.32. The summed E-state index contributed by atoms with van der Waals surface area (Å²) >= 11 is 0. The number of guanidine groups is 1. The molecule has 1 amide bonds. The van der Waals surface area contributed by atoms with E-state index < -0.39 is 0 Å². The second-order valence-corrected chi connectivity index (χ2v) is 7.93. The average molecular weight is 439 g/mol. The first-order valence-electron chi connectivity index (χ1n) is 11.2. The van der Waals surface area contributed by atoms with Crippen molar-refractivity contribution in [1.82, 2.24) is 15.5 Å². The average Bonchev–Trinajstić information content (AvgIpc) is 3.62. The number of amides is 1. The number of aliphatic imine (C=N–C) groups is 1. The van der Waals surface area contributed by atoms with E-state index in [2.05, 4.69) is 28.5 Å². The molecule has 0 saturated heterocycles. The molecule has 1 aliphatic rings. The largest absolute Gasteiger partial charge is 0.496 e. The van der Waals surface area contributed by atoms with E-state index in [1.165, 1.54) is 5.56 Å². The van der Waals surface area contributed by atoms with Crippen molar-refractivity contribution in [2.75, 3.05) is 33.9 Å². The normalized spacial score (nSPS) is 13.4. The number of carbonyl (C=O) groups excluding carboxylic acids is 1. The second kappa shape index (κ2) is 12.0. The Morgan fingerprint density at radius 1 is 1.16 bits per heavy atom. The van der Waals surface area contributed by atoms with Crippen molar-refractivity contribution < 1.29 is 14.3 Å². The number of rotatable bonds is 11. The van der Waals surface area contributed by atoms with Gasteiger partial charge >= 0.3 is 0 Å². The smallest absolute Gasteiger partial charge is 0.258 e. The maximum atomic E-state index is 11.7. The van der Waals surface area contributed by atoms with Gasteiger partial charge in [-0.25, -0.2) is 0 Å². The third-order valence-corrected chi connectivity index (χ3v) is 5.19. The zero-order valence-corrected chi connectivity index (χ0v) is 19.3. The molecule has 0 atom stereocenters. The molecule has 0 radical (unpaired) electrons. The molecule has 0 aliphatic heterocycles. The lowest BCUT2D eigenvalue weighted by Gasteiger charge is -2.23. The molecule has 3 rings (SSSR count). The summed E-state index contributed by atoms with van der Waals surface area (Å²) in [6.45, 7) is 4.30. The van der Waals surface area contributed by atoms with Crippen LogP contribution in [0, 0.1) is 0 Å². The fraction of sp³-hybridized carbons (Fsp3) is 0.440. The molecule has 0 aromatic heterocycles. The van der Waals surface area contributed by atoms with Crippen molar-refractivity contribution in [3.8, 4) is 11.5 Å². The Morgan fingerprint density at radius 2 is 1.91 bits per heavy atom. The monoisotopic (exact) mass is 438 g/mol. The minimum absolute atomic E-state index is 0.0564. The molecule has 2 aromatic rings. The summed E-state index contributed by atoms with van der Waals surface area (Å²) < 4.78 is 11.0. The molecule has 0 heterocycles. The van der Waals surface area contributed by atoms with E-state index in [0.29, 0.717) is 24.9 Å². The van der Waals surface area contributed by atoms with Crippen molar-refractivity contribution in [3.05, 3.63) is 59.7 Å². The van der Waals surface area contributed by atoms with Gasteiger partial charge in [0.1, 0.15) is 11.5 Å². The Kier molecular flexibility index (Phi) is 8.78. The van der Waals surface area contributed by atoms with Crippen molar-refractivity contribution in [3.63, 3.8) is 0 Å². The molecule has 1 saturated carbocycles. The van der Waals surface area contributed by atoms with Crippen LogP contribution in [0.25, 0.3) is 0 Å². The van der Waals surface area contributed by atoms with E-state index in [0.717, 1.165) is 43.1 Å². The summed E-state index contributed by atoms with van der Waals surface area (Å²) in [5, 5.41) is 6.28. The Morgan fingerprint density at radius 3 is 2.59 bits per heavy atom. The first-order chi connectivity index (χ1) is 15.6. The van der Waals surface area contributed by atoms with Crippen LogP contribution in [0.3, 0.4) is 0 Å². The number of nitrogens with zero attached hydrogens (tertiary/aromatic N) is 2. The number of ether oxygens (including phenoxy) is 2. The van der Waals surface area contributed by atoms with Crippen LogP contribution in [0.1, 0.15) is 30.9 Å². The number of benzene rings is 2. The van der Waals surface area contributed by atoms with E-state index in [-0.39, 0.29) is 12.5 Å². The van der Waals surface area contributed by atoms with Crippen LogP contribution in [0.15, 0.2) is 53.5 Å². The second-order valence-electron chi connectivity index (χ2n) is 7.93. The topological polar surface area (TPSA) is 75.2 Å². The molecule has 0 unspecified atom stereocenters. The SMILES string of the molecule is CCNC(=NCCc1ccc(OCC(=O)NC2CC2)cc1)N(C)Cc1ccccc1OC. The van der Waals surface area contributed by atoms with Crippen LogP contribution in [-0.4, -0.2) is 56.7 Å². The van der Waals surface area contributed by atoms with Gasteiger partial charge in [0, 0.05) is 38.3 Å². The van der Waals surface area contributed by atoms with Gasteiger partial charge in [0.2, 0.25) is 0 Å². The number of hydrogen-bond donors (Lipinski definition) is 2. The van der Waals surface area contributed by atoms with Crippen LogP contribution in [0.5, 0.6) is 11.5 Å². The first-order valence-corrected chi connectivity index (χ1v) is 11.2. The van der Waals surface area contributed by atoms with Gasteiger partial charge < -0.3 is 25.0 Å². The standard InChI is InChI=1S/C25H34N4O3/c1-4-26-25(29(2)17-20-7-5-6-8-23(20)31-3)27-16-15-19-9-13-22(14-10-19)32-18-24(30)28-21-11-12-21/h5-10,13-14,21H,4,11-12,15-18H2,1-3H3,(H,26,27)(H,28,30). The van der Waals surface area contributed by atoms with Gasteiger partial charge in [-0.15, -0.1) is 0 Å². The third-order valence-electron chi connectivity index (χ3n) is 5.19. The van der Waals surface area contributed by atoms with E-state index in [4.69, 9.17) is 14.5 Å². The zero-order valence-electron chi connectivity index (χ0n) is 19.3. The highest BCUT2D eigenvalue weighted by molar-refractivity contribution is 5.79. The highest BCUT2D eigenvalue weighted by atomic mass is 16.5. The summed E-state index contributed by atoms with van der Waals surface area (Å²) in [7, 11) is 3.72. The Hall–Kier alpha value is -3.22. The summed E-state index contributed by atoms with van der Waals surface area (Å²) in [4.78, 5) is 18.6. The molecular weight excluding hydrogens is 404 g/mol. The van der Waals surface area contributed by atoms with Crippen LogP contribution in [-0.2, 0) is 17.8 Å². The molecular formula is C25H34N4O3. The molecule has 0 bridgehead atoms. The van der Waals surface area contributed by atoms with Gasteiger partial charge in [-0.1, -0.05) is 30.3 Å². The van der Waals surface area contributed by atoms with Gasteiger partial charge in [-0.2, -0.15) is 0 Å². The van der Waals surface area contributed by atoms with Crippen molar-refractivity contribution in [2.24, 2.45) is 4.99 Å². The van der Waals surface area contributed by atoms with Gasteiger partial charge in [-0.3, -0.25) is 9.79 Å². The Balaban J connectivity index is 1.49. The fourth-order valence-corrected chi connectivity index (χ4v) is 3.32. The predicted molar refractivity (Wildman–Crippen MR) is 127 cm³/mol. The third kappa shape index (κ3) is 7.48. The number of nitrogens with one attached hydrogen (secondary N) is 2. The first kappa shape index (κ1) is 23.4. The number of carbonyl (C=O) groups is 1. The molecule has 2 N–H and O–H groups in total. The molecule has 0 spiro atoms. The predicted octanol–water partition coefficient (Wildman–Crippen LogP) is 2.99. The van der Waals surface area contributed by atoms with Crippen molar-refractivity contribution >= 4 is 11.9 Å². The molecule has 32 heavy (non-hydrogen) atoms. The lowest BCUT2D eigenvalue weighted by molar-refractivity contribution is -0.123. The number of para-hydroxylation sites is 1. The van der Waals surface area contributed by atoms with Gasteiger partial charge in [0.05, 0.1) is 7.11 Å². The number of hydrogen-bond acceptors (Lipinski definition) is 4. The van der Waals surface area contributed by atoms with Gasteiger partial charge in [0.25, 0.3) is 5.91 Å². The minimum atomic E-state index is -0.0564. The zero-order chi connectivity index (χ0) is 22.8. The molecule has 2 aromatic carbocycles. The van der Waals surface area contributed by atoms with Crippen molar-refractivity contribution in [1.29, 1.82) is 0 Å². The number of methoxy groups -OCH3 is 1. The van der Waals surface area contributed by atoms with Crippen LogP contribution in [0.4, 0.5) is 0 Å². The Bertz CT molecular complexity index is 894. The van der Waals surface area contributed by atoms with Crippen LogP contribution in [0.2, 0.25) is 0 Å². The lowest BCUT2D eigenvalue weighted by atomic mass is 10.1. The van der Waals surface area contributed by atoms with E-state index in [9.17, 15) is 4.79 Å². The molecule has 172 valence electrons.